The van der Waals surface area contributed by atoms with Crippen molar-refractivity contribution in [1.82, 2.24) is 9.05 Å². The maximum absolute atomic E-state index is 17.2. The van der Waals surface area contributed by atoms with Crippen molar-refractivity contribution in [3.05, 3.63) is 167 Å². The molecule has 0 amide bonds. The average Bonchev–Trinajstić information content (AvgIpc) is 3.73. The highest BCUT2D eigenvalue weighted by Gasteiger charge is 2.58. The molecule has 0 saturated heterocycles. The normalized spacial score (nSPS) is 14.4. The van der Waals surface area contributed by atoms with Crippen LogP contribution in [0.15, 0.2) is 116 Å². The summed E-state index contributed by atoms with van der Waals surface area (Å²) in [6.07, 6.45) is -0.156. The number of carbonyl (C=O) groups is 3. The Balaban J connectivity index is 0.984. The van der Waals surface area contributed by atoms with E-state index < -0.39 is 36.0 Å². The molecule has 2 aliphatic heterocycles. The number of fused-ring (bicyclic) bond motifs is 4. The first-order valence-corrected chi connectivity index (χ1v) is 22.3. The standard InChI is InChI=1S/C53H44BF2N3O9/c1-9-65-52(63)43-28(5)48-47(49-29(6)44(53(64)66-10-2)31(8)59(49)54(55,56)58(48)30(43)7)42-26(3)23-34(24-27(42)4)67-41(60)25-32-15-17-33(18-16-32)57-50(61)37-20-19-36-35-13-11-12-14-39(35)68-40-22-21-38(51(57)62)45(37)46(36)40/h11-24H,9-10,25H2,1-8H3. The van der Waals surface area contributed by atoms with Gasteiger partial charge in [-0.2, -0.15) is 0 Å². The number of aromatic nitrogens is 2. The van der Waals surface area contributed by atoms with Gasteiger partial charge in [-0.3, -0.25) is 14.4 Å². The summed E-state index contributed by atoms with van der Waals surface area (Å²) in [5.74, 6) is -1.85. The Bertz CT molecular complexity index is 3740. The Labute approximate surface area is 387 Å². The molecule has 2 aliphatic rings. The Kier molecular flexibility index (Phi) is 10.2. The van der Waals surface area contributed by atoms with Crippen molar-refractivity contribution in [1.29, 1.82) is 0 Å². The van der Waals surface area contributed by atoms with Gasteiger partial charge >= 0.3 is 24.9 Å². The van der Waals surface area contributed by atoms with E-state index in [0.717, 1.165) is 24.3 Å². The third-order valence-electron chi connectivity index (χ3n) is 13.4. The summed E-state index contributed by atoms with van der Waals surface area (Å²) in [6, 6.07) is 24.5. The number of para-hydroxylation sites is 1. The average molecular weight is 916 g/mol. The number of aryl methyl sites for hydroxylation is 2. The van der Waals surface area contributed by atoms with Crippen molar-refractivity contribution < 1.29 is 46.1 Å². The predicted octanol–water partition coefficient (Wildman–Crippen LogP) is 9.56. The molecule has 0 fully saturated rings. The largest absolute Gasteiger partial charge is 0.737 e. The quantitative estimate of drug-likeness (QED) is 0.0456. The smallest absolute Gasteiger partial charge is 0.462 e. The number of carbonyl (C=O) groups excluding carboxylic acids is 3. The van der Waals surface area contributed by atoms with E-state index in [2.05, 4.69) is 0 Å². The van der Waals surface area contributed by atoms with Crippen LogP contribution in [0.25, 0.3) is 54.7 Å². The van der Waals surface area contributed by atoms with Crippen LogP contribution in [0, 0.1) is 27.7 Å². The number of hydrogen-bond acceptors (Lipinski definition) is 9. The fraction of sp³-hybridized carbons (Fsp3) is 0.208. The molecule has 0 spiro atoms. The number of rotatable bonds is 9. The van der Waals surface area contributed by atoms with Gasteiger partial charge < -0.3 is 36.2 Å². The van der Waals surface area contributed by atoms with Crippen LogP contribution < -0.4 is 15.9 Å². The maximum Gasteiger partial charge on any atom is 0.737 e. The van der Waals surface area contributed by atoms with Crippen molar-refractivity contribution in [2.24, 2.45) is 0 Å². The number of pyridine rings is 1. The van der Waals surface area contributed by atoms with Gasteiger partial charge in [0.05, 0.1) is 36.5 Å². The Morgan fingerprint density at radius 1 is 0.721 bits per heavy atom. The molecule has 10 rings (SSSR count). The molecule has 8 aromatic rings. The molecule has 5 heterocycles. The minimum Gasteiger partial charge on any atom is -0.462 e. The Morgan fingerprint density at radius 3 is 2.00 bits per heavy atom. The zero-order chi connectivity index (χ0) is 48.2. The number of nitrogens with zero attached hydrogens (tertiary/aromatic N) is 3. The molecule has 0 bridgehead atoms. The number of benzene rings is 5. The third kappa shape index (κ3) is 6.31. The molecule has 0 radical (unpaired) electrons. The van der Waals surface area contributed by atoms with Crippen LogP contribution in [-0.2, 0) is 25.5 Å². The maximum atomic E-state index is 17.2. The van der Waals surface area contributed by atoms with Gasteiger partial charge in [0, 0.05) is 45.1 Å². The summed E-state index contributed by atoms with van der Waals surface area (Å²) in [5, 5.41) is 3.75. The minimum atomic E-state index is -4.64. The zero-order valence-corrected chi connectivity index (χ0v) is 38.6. The molecule has 12 nitrogen and oxygen atoms in total. The molecule has 0 aliphatic carbocycles. The fourth-order valence-corrected chi connectivity index (χ4v) is 10.7. The first kappa shape index (κ1) is 43.9. The van der Waals surface area contributed by atoms with Crippen LogP contribution in [0.4, 0.5) is 8.63 Å². The lowest BCUT2D eigenvalue weighted by Crippen LogP contribution is -2.52. The van der Waals surface area contributed by atoms with Crippen LogP contribution in [0.5, 0.6) is 5.75 Å². The van der Waals surface area contributed by atoms with Crippen LogP contribution in [0.1, 0.15) is 77.3 Å². The zero-order valence-electron chi connectivity index (χ0n) is 38.6. The predicted molar refractivity (Wildman–Crippen MR) is 257 cm³/mol. The molecular weight excluding hydrogens is 871 g/mol. The van der Waals surface area contributed by atoms with Gasteiger partial charge in [-0.05, 0) is 136 Å². The summed E-state index contributed by atoms with van der Waals surface area (Å²) in [4.78, 5) is 68.4. The van der Waals surface area contributed by atoms with E-state index in [-0.39, 0.29) is 59.3 Å². The Morgan fingerprint density at radius 2 is 1.34 bits per heavy atom. The highest BCUT2D eigenvalue weighted by atomic mass is 19.2. The highest BCUT2D eigenvalue weighted by molar-refractivity contribution is 6.59. The van der Waals surface area contributed by atoms with Crippen LogP contribution in [0.3, 0.4) is 0 Å². The first-order chi connectivity index (χ1) is 32.5. The summed E-state index contributed by atoms with van der Waals surface area (Å²) >= 11 is 0. The highest BCUT2D eigenvalue weighted by Crippen LogP contribution is 2.49. The lowest BCUT2D eigenvalue weighted by atomic mass is 9.81. The third-order valence-corrected chi connectivity index (χ3v) is 13.4. The number of allylic oxidation sites excluding steroid dienone is 1. The topological polar surface area (TPSA) is 139 Å². The van der Waals surface area contributed by atoms with Gasteiger partial charge in [0.15, 0.2) is 5.70 Å². The SMILES string of the molecule is CCOC(=O)C1=C(C)C2=C(c3c(C)cc(OC(=O)Cc4ccc(-n5c(=O)c6ccc7oc8ccccc8c8ccc(c5=O)c6c78)cc4)cc3C)c3c(C)c(C(=O)OCC)c(C)n3[B-](F)(F)[N+]2=C1C. The number of halogens is 2. The van der Waals surface area contributed by atoms with Gasteiger partial charge in [-0.15, -0.1) is 0 Å². The van der Waals surface area contributed by atoms with Crippen molar-refractivity contribution in [3.8, 4) is 11.4 Å². The lowest BCUT2D eigenvalue weighted by molar-refractivity contribution is -0.363. The van der Waals surface area contributed by atoms with Gasteiger partial charge in [-0.1, -0.05) is 36.4 Å². The van der Waals surface area contributed by atoms with Crippen LogP contribution in [-0.4, -0.2) is 57.3 Å². The second kappa shape index (κ2) is 15.9. The first-order valence-electron chi connectivity index (χ1n) is 22.3. The minimum absolute atomic E-state index is 0.0172. The summed E-state index contributed by atoms with van der Waals surface area (Å²) < 4.78 is 60.0. The van der Waals surface area contributed by atoms with E-state index in [0.29, 0.717) is 77.4 Å². The molecule has 68 heavy (non-hydrogen) atoms. The second-order valence-electron chi connectivity index (χ2n) is 17.3. The molecule has 15 heteroatoms. The van der Waals surface area contributed by atoms with Crippen molar-refractivity contribution in [2.75, 3.05) is 13.2 Å². The molecule has 0 N–H and O–H groups in total. The molecule has 0 saturated carbocycles. The number of esters is 3. The monoisotopic (exact) mass is 915 g/mol. The fourth-order valence-electron chi connectivity index (χ4n) is 10.7. The van der Waals surface area contributed by atoms with Gasteiger partial charge in [-0.25, -0.2) is 14.2 Å². The van der Waals surface area contributed by atoms with Crippen LogP contribution >= 0.6 is 0 Å². The second-order valence-corrected chi connectivity index (χ2v) is 17.3. The van der Waals surface area contributed by atoms with Crippen molar-refractivity contribution in [2.45, 2.75) is 61.8 Å². The Hall–Kier alpha value is -7.94. The molecule has 0 unspecified atom stereocenters. The molecule has 3 aromatic heterocycles. The number of hydrogen-bond donors (Lipinski definition) is 0. The van der Waals surface area contributed by atoms with E-state index in [1.165, 1.54) is 13.8 Å². The van der Waals surface area contributed by atoms with Crippen LogP contribution in [0.2, 0.25) is 0 Å². The molecule has 5 aromatic carbocycles. The number of ether oxygens (including phenoxy) is 3. The van der Waals surface area contributed by atoms with Gasteiger partial charge in [0.2, 0.25) is 0 Å². The summed E-state index contributed by atoms with van der Waals surface area (Å²) in [5.41, 5.74) is 4.15. The van der Waals surface area contributed by atoms with E-state index in [9.17, 15) is 24.0 Å². The van der Waals surface area contributed by atoms with E-state index >= 15 is 8.63 Å². The summed E-state index contributed by atoms with van der Waals surface area (Å²) in [7, 11) is 0. The van der Waals surface area contributed by atoms with E-state index in [1.807, 2.05) is 30.3 Å². The summed E-state index contributed by atoms with van der Waals surface area (Å²) in [6.45, 7) is 8.41. The van der Waals surface area contributed by atoms with E-state index in [4.69, 9.17) is 18.6 Å². The van der Waals surface area contributed by atoms with Gasteiger partial charge in [0.25, 0.3) is 11.1 Å². The molecular formula is C53H44BF2N3O9. The molecule has 0 atom stereocenters. The van der Waals surface area contributed by atoms with Gasteiger partial charge in [0.1, 0.15) is 28.2 Å². The molecule has 342 valence electrons. The lowest BCUT2D eigenvalue weighted by Gasteiger charge is -2.34. The van der Waals surface area contributed by atoms with Crippen molar-refractivity contribution >= 4 is 79.6 Å². The van der Waals surface area contributed by atoms with E-state index in [1.54, 1.807) is 96.1 Å². The van der Waals surface area contributed by atoms with Crippen molar-refractivity contribution in [3.63, 3.8) is 0 Å².